The van der Waals surface area contributed by atoms with E-state index < -0.39 is 0 Å². The number of rotatable bonds is 5. The molecule has 140 valence electrons. The van der Waals surface area contributed by atoms with Gasteiger partial charge in [-0.25, -0.2) is 4.98 Å². The smallest absolute Gasteiger partial charge is 0.262 e. The summed E-state index contributed by atoms with van der Waals surface area (Å²) < 4.78 is 1.66. The van der Waals surface area contributed by atoms with E-state index in [-0.39, 0.29) is 16.7 Å². The van der Waals surface area contributed by atoms with Crippen molar-refractivity contribution >= 4 is 28.6 Å². The van der Waals surface area contributed by atoms with E-state index in [0.717, 1.165) is 5.56 Å². The molecule has 0 aliphatic heterocycles. The van der Waals surface area contributed by atoms with Gasteiger partial charge in [-0.15, -0.1) is 0 Å². The molecule has 0 aliphatic rings. The summed E-state index contributed by atoms with van der Waals surface area (Å²) in [5.74, 6) is -0.00991. The van der Waals surface area contributed by atoms with Crippen LogP contribution in [0.25, 0.3) is 10.9 Å². The van der Waals surface area contributed by atoms with Gasteiger partial charge < -0.3 is 4.90 Å². The first-order valence-electron chi connectivity index (χ1n) is 8.80. The molecule has 0 saturated carbocycles. The predicted octanol–water partition coefficient (Wildman–Crippen LogP) is 3.32. The van der Waals surface area contributed by atoms with Crippen molar-refractivity contribution in [3.8, 4) is 0 Å². The zero-order valence-electron chi connectivity index (χ0n) is 16.0. The molecule has 1 aromatic heterocycles. The maximum atomic E-state index is 13.1. The number of para-hydroxylation sites is 1. The van der Waals surface area contributed by atoms with Crippen molar-refractivity contribution in [2.75, 3.05) is 14.1 Å². The van der Waals surface area contributed by atoms with Crippen molar-refractivity contribution in [1.82, 2.24) is 14.5 Å². The third-order valence-electron chi connectivity index (χ3n) is 4.36. The summed E-state index contributed by atoms with van der Waals surface area (Å²) in [5, 5.41) is 0.805. The quantitative estimate of drug-likeness (QED) is 0.503. The van der Waals surface area contributed by atoms with Crippen molar-refractivity contribution in [1.29, 1.82) is 0 Å². The van der Waals surface area contributed by atoms with E-state index in [0.29, 0.717) is 22.6 Å². The van der Waals surface area contributed by atoms with Crippen LogP contribution in [0.4, 0.5) is 0 Å². The van der Waals surface area contributed by atoms with Crippen LogP contribution in [0.5, 0.6) is 0 Å². The molecule has 6 heteroatoms. The molecule has 5 nitrogen and oxygen atoms in total. The number of fused-ring (bicyclic) bond motifs is 1. The Bertz CT molecular complexity index is 1030. The van der Waals surface area contributed by atoms with E-state index in [1.54, 1.807) is 29.6 Å². The van der Waals surface area contributed by atoms with Gasteiger partial charge in [0.05, 0.1) is 22.7 Å². The number of benzene rings is 2. The number of carbonyl (C=O) groups is 1. The summed E-state index contributed by atoms with van der Waals surface area (Å²) in [5.41, 5.74) is 2.75. The van der Waals surface area contributed by atoms with Crippen LogP contribution in [-0.2, 0) is 11.3 Å². The largest absolute Gasteiger partial charge is 0.348 e. The Morgan fingerprint density at radius 2 is 1.81 bits per heavy atom. The summed E-state index contributed by atoms with van der Waals surface area (Å²) >= 11 is 1.32. The van der Waals surface area contributed by atoms with Crippen LogP contribution in [0.15, 0.2) is 58.5 Å². The van der Waals surface area contributed by atoms with E-state index in [1.165, 1.54) is 17.3 Å². The summed E-state index contributed by atoms with van der Waals surface area (Å²) in [7, 11) is 3.46. The first kappa shape index (κ1) is 19.2. The van der Waals surface area contributed by atoms with Gasteiger partial charge >= 0.3 is 0 Å². The lowest BCUT2D eigenvalue weighted by Gasteiger charge is -2.18. The maximum absolute atomic E-state index is 13.1. The average molecular weight is 382 g/mol. The van der Waals surface area contributed by atoms with Crippen molar-refractivity contribution in [2.24, 2.45) is 0 Å². The molecule has 0 saturated heterocycles. The molecule has 0 unspecified atom stereocenters. The zero-order valence-corrected chi connectivity index (χ0v) is 16.8. The second-order valence-corrected chi connectivity index (χ2v) is 8.09. The fourth-order valence-electron chi connectivity index (χ4n) is 2.83. The Morgan fingerprint density at radius 3 is 2.48 bits per heavy atom. The summed E-state index contributed by atoms with van der Waals surface area (Å²) in [6.07, 6.45) is 0. The molecule has 1 atom stereocenters. The van der Waals surface area contributed by atoms with Gasteiger partial charge in [0.15, 0.2) is 5.16 Å². The first-order chi connectivity index (χ1) is 12.9. The lowest BCUT2D eigenvalue weighted by atomic mass is 10.1. The second kappa shape index (κ2) is 7.96. The number of hydrogen-bond donors (Lipinski definition) is 0. The monoisotopic (exact) mass is 381 g/mol. The highest BCUT2D eigenvalue weighted by atomic mass is 32.2. The van der Waals surface area contributed by atoms with Crippen molar-refractivity contribution in [2.45, 2.75) is 30.8 Å². The highest BCUT2D eigenvalue weighted by molar-refractivity contribution is 8.00. The van der Waals surface area contributed by atoms with Crippen LogP contribution in [0.1, 0.15) is 18.1 Å². The van der Waals surface area contributed by atoms with Crippen LogP contribution in [0.3, 0.4) is 0 Å². The number of thioether (sulfide) groups is 1. The molecule has 3 rings (SSSR count). The summed E-state index contributed by atoms with van der Waals surface area (Å²) in [6.45, 7) is 4.29. The highest BCUT2D eigenvalue weighted by Crippen LogP contribution is 2.24. The minimum Gasteiger partial charge on any atom is -0.348 e. The number of carbonyl (C=O) groups excluding carboxylic acids is 1. The third-order valence-corrected chi connectivity index (χ3v) is 5.44. The Hall–Kier alpha value is -2.60. The topological polar surface area (TPSA) is 55.2 Å². The number of amides is 1. The molecule has 0 radical (unpaired) electrons. The zero-order chi connectivity index (χ0) is 19.6. The van der Waals surface area contributed by atoms with Crippen molar-refractivity contribution in [3.63, 3.8) is 0 Å². The van der Waals surface area contributed by atoms with E-state index in [9.17, 15) is 9.59 Å². The molecule has 0 spiro atoms. The van der Waals surface area contributed by atoms with E-state index in [1.807, 2.05) is 56.3 Å². The van der Waals surface area contributed by atoms with Crippen LogP contribution < -0.4 is 5.56 Å². The highest BCUT2D eigenvalue weighted by Gasteiger charge is 2.20. The number of aryl methyl sites for hydroxylation is 1. The number of hydrogen-bond acceptors (Lipinski definition) is 4. The SMILES string of the molecule is Cc1ccc(Cn2c(S[C@H](C)C(=O)N(C)C)nc3ccccc3c2=O)cc1. The van der Waals surface area contributed by atoms with Gasteiger partial charge in [-0.05, 0) is 31.5 Å². The Kier molecular flexibility index (Phi) is 5.65. The Labute approximate surface area is 163 Å². The molecule has 3 aromatic rings. The van der Waals surface area contributed by atoms with Gasteiger partial charge in [0.25, 0.3) is 5.56 Å². The lowest BCUT2D eigenvalue weighted by molar-refractivity contribution is -0.127. The van der Waals surface area contributed by atoms with Gasteiger partial charge in [0.1, 0.15) is 0 Å². The minimum atomic E-state index is -0.336. The summed E-state index contributed by atoms with van der Waals surface area (Å²) in [4.78, 5) is 31.7. The molecule has 0 aliphatic carbocycles. The van der Waals surface area contributed by atoms with Gasteiger partial charge in [-0.3, -0.25) is 14.2 Å². The lowest BCUT2D eigenvalue weighted by Crippen LogP contribution is -2.31. The fourth-order valence-corrected chi connectivity index (χ4v) is 3.88. The summed E-state index contributed by atoms with van der Waals surface area (Å²) in [6, 6.07) is 15.4. The standard InChI is InChI=1S/C21H23N3O2S/c1-14-9-11-16(12-10-14)13-24-20(26)17-7-5-6-8-18(17)22-21(24)27-15(2)19(25)23(3)4/h5-12,15H,13H2,1-4H3/t15-/m1/s1. The maximum Gasteiger partial charge on any atom is 0.262 e. The van der Waals surface area contributed by atoms with Crippen molar-refractivity contribution < 1.29 is 4.79 Å². The minimum absolute atomic E-state index is 0.00991. The molecular weight excluding hydrogens is 358 g/mol. The molecule has 0 fully saturated rings. The molecule has 0 bridgehead atoms. The van der Waals surface area contributed by atoms with Crippen LogP contribution in [-0.4, -0.2) is 39.7 Å². The van der Waals surface area contributed by atoms with E-state index in [4.69, 9.17) is 0 Å². The number of nitrogens with zero attached hydrogens (tertiary/aromatic N) is 3. The molecule has 1 amide bonds. The van der Waals surface area contributed by atoms with Crippen LogP contribution in [0.2, 0.25) is 0 Å². The molecule has 1 heterocycles. The van der Waals surface area contributed by atoms with Crippen LogP contribution >= 0.6 is 11.8 Å². The molecular formula is C21H23N3O2S. The van der Waals surface area contributed by atoms with E-state index in [2.05, 4.69) is 4.98 Å². The Morgan fingerprint density at radius 1 is 1.15 bits per heavy atom. The second-order valence-electron chi connectivity index (χ2n) is 6.78. The van der Waals surface area contributed by atoms with Gasteiger partial charge in [0.2, 0.25) is 5.91 Å². The average Bonchev–Trinajstić information content (AvgIpc) is 2.65. The normalized spacial score (nSPS) is 12.1. The van der Waals surface area contributed by atoms with E-state index >= 15 is 0 Å². The third kappa shape index (κ3) is 4.22. The van der Waals surface area contributed by atoms with Gasteiger partial charge in [-0.1, -0.05) is 53.7 Å². The van der Waals surface area contributed by atoms with Gasteiger partial charge in [0, 0.05) is 14.1 Å². The van der Waals surface area contributed by atoms with Crippen molar-refractivity contribution in [3.05, 3.63) is 70.0 Å². The molecule has 2 aromatic carbocycles. The van der Waals surface area contributed by atoms with Crippen LogP contribution in [0, 0.1) is 6.92 Å². The fraction of sp³-hybridized carbons (Fsp3) is 0.286. The van der Waals surface area contributed by atoms with Gasteiger partial charge in [-0.2, -0.15) is 0 Å². The predicted molar refractivity (Wildman–Crippen MR) is 110 cm³/mol. The Balaban J connectivity index is 2.08. The molecule has 27 heavy (non-hydrogen) atoms. The molecule has 0 N–H and O–H groups in total. The first-order valence-corrected chi connectivity index (χ1v) is 9.67. The number of aromatic nitrogens is 2.